The summed E-state index contributed by atoms with van der Waals surface area (Å²) in [6.45, 7) is 2.19. The van der Waals surface area contributed by atoms with Gasteiger partial charge in [0.15, 0.2) is 0 Å². The molecule has 7 nitrogen and oxygen atoms in total. The van der Waals surface area contributed by atoms with E-state index in [1.54, 1.807) is 0 Å². The van der Waals surface area contributed by atoms with Crippen LogP contribution in [0.1, 0.15) is 32.1 Å². The summed E-state index contributed by atoms with van der Waals surface area (Å²) in [5.41, 5.74) is 0. The fourth-order valence-electron chi connectivity index (χ4n) is 3.28. The molecule has 0 saturated carbocycles. The monoisotopic (exact) mass is 423 g/mol. The van der Waals surface area contributed by atoms with Gasteiger partial charge in [-0.3, -0.25) is 0 Å². The Bertz CT molecular complexity index is 803. The van der Waals surface area contributed by atoms with E-state index in [2.05, 4.69) is 10.0 Å². The number of sulfonamides is 2. The summed E-state index contributed by atoms with van der Waals surface area (Å²) >= 11 is 0. The number of nitrogens with one attached hydrogen (secondary N) is 2. The third-order valence-corrected chi connectivity index (χ3v) is 8.07. The van der Waals surface area contributed by atoms with Crippen molar-refractivity contribution in [2.75, 3.05) is 26.2 Å². The molecule has 26 heavy (non-hydrogen) atoms. The lowest BCUT2D eigenvalue weighted by Gasteiger charge is -2.26. The van der Waals surface area contributed by atoms with Crippen molar-refractivity contribution in [3.05, 3.63) is 24.3 Å². The van der Waals surface area contributed by atoms with Gasteiger partial charge in [0.25, 0.3) is 0 Å². The Kier molecular flexibility index (Phi) is 7.46. The third-order valence-electron chi connectivity index (χ3n) is 4.75. The molecule has 1 unspecified atom stereocenters. The lowest BCUT2D eigenvalue weighted by atomic mass is 10.2. The van der Waals surface area contributed by atoms with Crippen LogP contribution in [-0.2, 0) is 20.0 Å². The minimum absolute atomic E-state index is 0. The smallest absolute Gasteiger partial charge is 0.243 e. The van der Waals surface area contributed by atoms with Crippen molar-refractivity contribution in [2.45, 2.75) is 47.9 Å². The van der Waals surface area contributed by atoms with E-state index in [1.807, 2.05) is 0 Å². The van der Waals surface area contributed by atoms with Gasteiger partial charge in [0.05, 0.1) is 9.79 Å². The van der Waals surface area contributed by atoms with Crippen molar-refractivity contribution >= 4 is 32.5 Å². The molecule has 0 bridgehead atoms. The zero-order chi connectivity index (χ0) is 17.9. The molecule has 2 aliphatic rings. The highest BCUT2D eigenvalue weighted by molar-refractivity contribution is 7.90. The van der Waals surface area contributed by atoms with E-state index < -0.39 is 20.0 Å². The van der Waals surface area contributed by atoms with Gasteiger partial charge in [-0.05, 0) is 50.4 Å². The molecule has 2 heterocycles. The van der Waals surface area contributed by atoms with Crippen LogP contribution in [-0.4, -0.2) is 53.4 Å². The molecule has 2 saturated heterocycles. The van der Waals surface area contributed by atoms with Crippen molar-refractivity contribution in [1.82, 2.24) is 14.3 Å². The van der Waals surface area contributed by atoms with Crippen LogP contribution in [0.15, 0.2) is 34.1 Å². The fraction of sp³-hybridized carbons (Fsp3) is 0.625. The minimum atomic E-state index is -3.73. The van der Waals surface area contributed by atoms with Crippen molar-refractivity contribution in [3.63, 3.8) is 0 Å². The minimum Gasteiger partial charge on any atom is -0.313 e. The van der Waals surface area contributed by atoms with E-state index in [1.165, 1.54) is 28.6 Å². The predicted octanol–water partition coefficient (Wildman–Crippen LogP) is 1.31. The molecular weight excluding hydrogens is 398 g/mol. The molecule has 1 atom stereocenters. The van der Waals surface area contributed by atoms with Crippen molar-refractivity contribution in [3.8, 4) is 0 Å². The number of rotatable bonds is 6. The summed E-state index contributed by atoms with van der Waals surface area (Å²) in [6.07, 6.45) is 4.68. The van der Waals surface area contributed by atoms with Gasteiger partial charge in [-0.2, -0.15) is 4.31 Å². The molecule has 2 aliphatic heterocycles. The highest BCUT2D eigenvalue weighted by Gasteiger charge is 2.27. The average Bonchev–Trinajstić information content (AvgIpc) is 3.15. The van der Waals surface area contributed by atoms with Crippen LogP contribution in [0.5, 0.6) is 0 Å². The molecule has 2 N–H and O–H groups in total. The second-order valence-corrected chi connectivity index (χ2v) is 10.3. The molecular formula is C16H26ClN3O4S2. The van der Waals surface area contributed by atoms with Gasteiger partial charge in [-0.25, -0.2) is 21.6 Å². The topological polar surface area (TPSA) is 95.6 Å². The summed E-state index contributed by atoms with van der Waals surface area (Å²) in [6, 6.07) is 5.77. The van der Waals surface area contributed by atoms with Crippen molar-refractivity contribution in [1.29, 1.82) is 0 Å². The van der Waals surface area contributed by atoms with Gasteiger partial charge < -0.3 is 5.32 Å². The molecule has 0 amide bonds. The molecule has 0 radical (unpaired) electrons. The zero-order valence-electron chi connectivity index (χ0n) is 14.6. The van der Waals surface area contributed by atoms with Gasteiger partial charge >= 0.3 is 0 Å². The van der Waals surface area contributed by atoms with E-state index in [0.29, 0.717) is 19.6 Å². The summed E-state index contributed by atoms with van der Waals surface area (Å²) in [4.78, 5) is 0.0276. The number of halogens is 1. The molecule has 0 aromatic heterocycles. The number of hydrogen-bond acceptors (Lipinski definition) is 5. The first-order valence-electron chi connectivity index (χ1n) is 8.73. The summed E-state index contributed by atoms with van der Waals surface area (Å²) in [7, 11) is -7.38. The largest absolute Gasteiger partial charge is 0.313 e. The standard InChI is InChI=1S/C16H25N3O4S2.ClH/c20-24(21,18-13-14-6-5-9-17-14)15-7-4-8-16(12-15)25(22,23)19-10-2-1-3-11-19;/h4,7-8,12,14,17-18H,1-3,5-6,9-11,13H2;1H. The van der Waals surface area contributed by atoms with Crippen LogP contribution < -0.4 is 10.0 Å². The quantitative estimate of drug-likeness (QED) is 0.719. The number of piperidine rings is 1. The molecule has 0 aliphatic carbocycles. The highest BCUT2D eigenvalue weighted by Crippen LogP contribution is 2.22. The van der Waals surface area contributed by atoms with Crippen molar-refractivity contribution < 1.29 is 16.8 Å². The van der Waals surface area contributed by atoms with E-state index in [-0.39, 0.29) is 28.2 Å². The molecule has 1 aromatic carbocycles. The van der Waals surface area contributed by atoms with Crippen molar-refractivity contribution in [2.24, 2.45) is 0 Å². The van der Waals surface area contributed by atoms with Crippen LogP contribution in [0.4, 0.5) is 0 Å². The third kappa shape index (κ3) is 4.96. The summed E-state index contributed by atoms with van der Waals surface area (Å²) in [5, 5.41) is 3.23. The zero-order valence-corrected chi connectivity index (χ0v) is 17.0. The molecule has 2 fully saturated rings. The van der Waals surface area contributed by atoms with E-state index in [0.717, 1.165) is 38.6 Å². The lowest BCUT2D eigenvalue weighted by molar-refractivity contribution is 0.346. The van der Waals surface area contributed by atoms with E-state index in [9.17, 15) is 16.8 Å². The molecule has 10 heteroatoms. The SMILES string of the molecule is Cl.O=S(=O)(NCC1CCCN1)c1cccc(S(=O)(=O)N2CCCCC2)c1. The normalized spacial score (nSPS) is 22.1. The Hall–Kier alpha value is -0.710. The van der Waals surface area contributed by atoms with E-state index in [4.69, 9.17) is 0 Å². The first kappa shape index (κ1) is 21.6. The fourth-order valence-corrected chi connectivity index (χ4v) is 6.05. The first-order valence-corrected chi connectivity index (χ1v) is 11.7. The number of benzene rings is 1. The Morgan fingerprint density at radius 3 is 2.38 bits per heavy atom. The van der Waals surface area contributed by atoms with Gasteiger partial charge in [-0.15, -0.1) is 12.4 Å². The van der Waals surface area contributed by atoms with Crippen LogP contribution in [0.25, 0.3) is 0 Å². The van der Waals surface area contributed by atoms with Crippen LogP contribution >= 0.6 is 12.4 Å². The van der Waals surface area contributed by atoms with Gasteiger partial charge in [0.2, 0.25) is 20.0 Å². The second-order valence-electron chi connectivity index (χ2n) is 6.58. The first-order chi connectivity index (χ1) is 11.9. The van der Waals surface area contributed by atoms with Crippen LogP contribution in [0.2, 0.25) is 0 Å². The Morgan fingerprint density at radius 2 is 1.73 bits per heavy atom. The Labute approximate surface area is 162 Å². The number of nitrogens with zero attached hydrogens (tertiary/aromatic N) is 1. The molecule has 0 spiro atoms. The molecule has 3 rings (SSSR count). The Morgan fingerprint density at radius 1 is 1.04 bits per heavy atom. The maximum atomic E-state index is 12.7. The Balaban J connectivity index is 0.00000243. The maximum absolute atomic E-state index is 12.7. The lowest BCUT2D eigenvalue weighted by Crippen LogP contribution is -2.37. The van der Waals surface area contributed by atoms with Crippen LogP contribution in [0, 0.1) is 0 Å². The highest BCUT2D eigenvalue weighted by atomic mass is 35.5. The second kappa shape index (κ2) is 8.99. The molecule has 148 valence electrons. The van der Waals surface area contributed by atoms with Crippen LogP contribution in [0.3, 0.4) is 0 Å². The molecule has 1 aromatic rings. The van der Waals surface area contributed by atoms with Gasteiger partial charge in [0, 0.05) is 25.7 Å². The predicted molar refractivity (Wildman–Crippen MR) is 103 cm³/mol. The van der Waals surface area contributed by atoms with Gasteiger partial charge in [0.1, 0.15) is 0 Å². The summed E-state index contributed by atoms with van der Waals surface area (Å²) in [5.74, 6) is 0. The number of hydrogen-bond donors (Lipinski definition) is 2. The van der Waals surface area contributed by atoms with Gasteiger partial charge in [-0.1, -0.05) is 12.5 Å². The van der Waals surface area contributed by atoms with E-state index >= 15 is 0 Å². The average molecular weight is 424 g/mol. The maximum Gasteiger partial charge on any atom is 0.243 e. The summed E-state index contributed by atoms with van der Waals surface area (Å²) < 4.78 is 54.5.